The van der Waals surface area contributed by atoms with Gasteiger partial charge in [0.1, 0.15) is 0 Å². The van der Waals surface area contributed by atoms with E-state index in [2.05, 4.69) is 5.43 Å². The third-order valence-corrected chi connectivity index (χ3v) is 2.11. The second kappa shape index (κ2) is 7.20. The van der Waals surface area contributed by atoms with E-state index < -0.39 is 12.1 Å². The molecule has 4 nitrogen and oxygen atoms in total. The standard InChI is InChI=1S/C8H11ClN2.C2HF3O2/c1-6(11-10)7-2-4-8(9)5-3-7;3-2(4,5)1(6)7/h2-6,11H,10H2,1H3;(H,6,7). The molecule has 1 aromatic rings. The van der Waals surface area contributed by atoms with Gasteiger partial charge in [-0.25, -0.2) is 4.79 Å². The molecule has 0 bridgehead atoms. The van der Waals surface area contributed by atoms with Crippen LogP contribution in [0.5, 0.6) is 0 Å². The lowest BCUT2D eigenvalue weighted by molar-refractivity contribution is -0.192. The number of nitrogens with two attached hydrogens (primary N) is 1. The van der Waals surface area contributed by atoms with Crippen LogP contribution in [-0.4, -0.2) is 17.3 Å². The van der Waals surface area contributed by atoms with Crippen LogP contribution in [0.2, 0.25) is 5.02 Å². The Hall–Kier alpha value is -1.31. The van der Waals surface area contributed by atoms with Crippen LogP contribution in [-0.2, 0) is 4.79 Å². The van der Waals surface area contributed by atoms with Crippen molar-refractivity contribution in [1.82, 2.24) is 5.43 Å². The van der Waals surface area contributed by atoms with Gasteiger partial charge < -0.3 is 5.11 Å². The van der Waals surface area contributed by atoms with Gasteiger partial charge in [-0.3, -0.25) is 11.3 Å². The largest absolute Gasteiger partial charge is 0.490 e. The Kier molecular flexibility index (Phi) is 6.67. The smallest absolute Gasteiger partial charge is 0.475 e. The van der Waals surface area contributed by atoms with Crippen LogP contribution < -0.4 is 11.3 Å². The quantitative estimate of drug-likeness (QED) is 0.576. The zero-order valence-electron chi connectivity index (χ0n) is 9.33. The normalized spacial score (nSPS) is 12.3. The van der Waals surface area contributed by atoms with Gasteiger partial charge in [-0.05, 0) is 24.6 Å². The monoisotopic (exact) mass is 284 g/mol. The second-order valence-corrected chi connectivity index (χ2v) is 3.68. The molecule has 1 atom stereocenters. The highest BCUT2D eigenvalue weighted by Crippen LogP contribution is 2.14. The van der Waals surface area contributed by atoms with Crippen LogP contribution in [0.4, 0.5) is 13.2 Å². The predicted octanol–water partition coefficient (Wildman–Crippen LogP) is 2.50. The molecule has 0 heterocycles. The van der Waals surface area contributed by atoms with E-state index in [0.717, 1.165) is 10.6 Å². The van der Waals surface area contributed by atoms with Crippen molar-refractivity contribution in [2.45, 2.75) is 19.1 Å². The summed E-state index contributed by atoms with van der Waals surface area (Å²) in [6.07, 6.45) is -5.08. The minimum absolute atomic E-state index is 0.173. The highest BCUT2D eigenvalue weighted by atomic mass is 35.5. The van der Waals surface area contributed by atoms with Crippen molar-refractivity contribution in [3.63, 3.8) is 0 Å². The number of hydrogen-bond acceptors (Lipinski definition) is 3. The van der Waals surface area contributed by atoms with E-state index in [9.17, 15) is 13.2 Å². The third-order valence-electron chi connectivity index (χ3n) is 1.86. The highest BCUT2D eigenvalue weighted by molar-refractivity contribution is 6.30. The number of aliphatic carboxylic acids is 1. The summed E-state index contributed by atoms with van der Waals surface area (Å²) in [5.41, 5.74) is 3.79. The molecule has 0 spiro atoms. The van der Waals surface area contributed by atoms with Crippen LogP contribution >= 0.6 is 11.6 Å². The molecular weight excluding hydrogens is 273 g/mol. The zero-order chi connectivity index (χ0) is 14.3. The molecule has 0 aliphatic heterocycles. The number of halogens is 4. The summed E-state index contributed by atoms with van der Waals surface area (Å²) in [5.74, 6) is 2.50. The number of carbonyl (C=O) groups is 1. The topological polar surface area (TPSA) is 75.3 Å². The lowest BCUT2D eigenvalue weighted by Crippen LogP contribution is -2.25. The van der Waals surface area contributed by atoms with Crippen molar-refractivity contribution in [1.29, 1.82) is 0 Å². The van der Waals surface area contributed by atoms with E-state index in [-0.39, 0.29) is 6.04 Å². The Balaban J connectivity index is 0.000000360. The zero-order valence-corrected chi connectivity index (χ0v) is 10.1. The Morgan fingerprint density at radius 2 is 1.78 bits per heavy atom. The number of alkyl halides is 3. The minimum atomic E-state index is -5.08. The van der Waals surface area contributed by atoms with Gasteiger partial charge in [0.25, 0.3) is 0 Å². The molecule has 8 heteroatoms. The summed E-state index contributed by atoms with van der Waals surface area (Å²) in [6.45, 7) is 1.99. The number of benzene rings is 1. The van der Waals surface area contributed by atoms with Crippen LogP contribution in [0.15, 0.2) is 24.3 Å². The van der Waals surface area contributed by atoms with E-state index in [4.69, 9.17) is 27.3 Å². The molecule has 0 aliphatic carbocycles. The van der Waals surface area contributed by atoms with Crippen molar-refractivity contribution in [2.75, 3.05) is 0 Å². The average molecular weight is 285 g/mol. The van der Waals surface area contributed by atoms with Crippen LogP contribution in [0, 0.1) is 0 Å². The van der Waals surface area contributed by atoms with Crippen molar-refractivity contribution in [3.8, 4) is 0 Å². The molecule has 0 aliphatic rings. The molecular formula is C10H12ClF3N2O2. The summed E-state index contributed by atoms with van der Waals surface area (Å²) in [7, 11) is 0. The van der Waals surface area contributed by atoms with Gasteiger partial charge in [0.2, 0.25) is 0 Å². The van der Waals surface area contributed by atoms with Gasteiger partial charge in [0.15, 0.2) is 0 Å². The highest BCUT2D eigenvalue weighted by Gasteiger charge is 2.38. The van der Waals surface area contributed by atoms with Crippen molar-refractivity contribution in [3.05, 3.63) is 34.9 Å². The number of hydrazine groups is 1. The number of nitrogens with one attached hydrogen (secondary N) is 1. The van der Waals surface area contributed by atoms with Gasteiger partial charge in [-0.2, -0.15) is 13.2 Å². The Labute approximate surface area is 107 Å². The maximum Gasteiger partial charge on any atom is 0.490 e. The number of carboxylic acids is 1. The lowest BCUT2D eigenvalue weighted by atomic mass is 10.1. The van der Waals surface area contributed by atoms with Gasteiger partial charge >= 0.3 is 12.1 Å². The molecule has 0 radical (unpaired) electrons. The molecule has 18 heavy (non-hydrogen) atoms. The molecule has 102 valence electrons. The SMILES string of the molecule is CC(NN)c1ccc(Cl)cc1.O=C(O)C(F)(F)F. The summed E-state index contributed by atoms with van der Waals surface area (Å²) in [5, 5.41) is 7.87. The third kappa shape index (κ3) is 6.43. The van der Waals surface area contributed by atoms with E-state index in [0.29, 0.717) is 0 Å². The maximum atomic E-state index is 10.6. The van der Waals surface area contributed by atoms with Gasteiger partial charge in [0.05, 0.1) is 0 Å². The predicted molar refractivity (Wildman–Crippen MR) is 60.9 cm³/mol. The van der Waals surface area contributed by atoms with Crippen molar-refractivity contribution < 1.29 is 23.1 Å². The Morgan fingerprint density at radius 3 is 2.06 bits per heavy atom. The lowest BCUT2D eigenvalue weighted by Gasteiger charge is -2.09. The summed E-state index contributed by atoms with van der Waals surface area (Å²) < 4.78 is 31.7. The first-order chi connectivity index (χ1) is 8.18. The number of rotatable bonds is 2. The average Bonchev–Trinajstić information content (AvgIpc) is 2.28. The molecule has 1 unspecified atom stereocenters. The summed E-state index contributed by atoms with van der Waals surface area (Å²) >= 11 is 5.71. The fourth-order valence-electron chi connectivity index (χ4n) is 0.848. The molecule has 1 aromatic carbocycles. The maximum absolute atomic E-state index is 10.6. The van der Waals surface area contributed by atoms with Gasteiger partial charge in [0, 0.05) is 11.1 Å². The fourth-order valence-corrected chi connectivity index (χ4v) is 0.974. The fraction of sp³-hybridized carbons (Fsp3) is 0.300. The summed E-state index contributed by atoms with van der Waals surface area (Å²) in [6, 6.07) is 7.78. The van der Waals surface area contributed by atoms with E-state index in [1.807, 2.05) is 31.2 Å². The first-order valence-electron chi connectivity index (χ1n) is 4.70. The molecule has 1 rings (SSSR count). The molecule has 0 amide bonds. The second-order valence-electron chi connectivity index (χ2n) is 3.24. The molecule has 4 N–H and O–H groups in total. The van der Waals surface area contributed by atoms with E-state index in [1.54, 1.807) is 0 Å². The molecule has 0 saturated heterocycles. The first kappa shape index (κ1) is 16.7. The van der Waals surface area contributed by atoms with Gasteiger partial charge in [-0.1, -0.05) is 23.7 Å². The van der Waals surface area contributed by atoms with Gasteiger partial charge in [-0.15, -0.1) is 0 Å². The molecule has 0 aromatic heterocycles. The van der Waals surface area contributed by atoms with Crippen molar-refractivity contribution in [2.24, 2.45) is 5.84 Å². The van der Waals surface area contributed by atoms with Crippen LogP contribution in [0.25, 0.3) is 0 Å². The van der Waals surface area contributed by atoms with Crippen LogP contribution in [0.3, 0.4) is 0 Å². The van der Waals surface area contributed by atoms with Crippen molar-refractivity contribution >= 4 is 17.6 Å². The first-order valence-corrected chi connectivity index (χ1v) is 5.08. The number of hydrogen-bond donors (Lipinski definition) is 3. The minimum Gasteiger partial charge on any atom is -0.475 e. The molecule has 0 saturated carbocycles. The van der Waals surface area contributed by atoms with E-state index >= 15 is 0 Å². The molecule has 0 fully saturated rings. The van der Waals surface area contributed by atoms with E-state index in [1.165, 1.54) is 0 Å². The number of carboxylic acid groups (broad SMARTS) is 1. The Bertz CT molecular complexity index is 382. The summed E-state index contributed by atoms with van der Waals surface area (Å²) in [4.78, 5) is 8.90. The Morgan fingerprint density at radius 1 is 1.39 bits per heavy atom. The van der Waals surface area contributed by atoms with Crippen LogP contribution in [0.1, 0.15) is 18.5 Å².